The highest BCUT2D eigenvalue weighted by Crippen LogP contribution is 2.13. The summed E-state index contributed by atoms with van der Waals surface area (Å²) in [6, 6.07) is 8.89. The van der Waals surface area contributed by atoms with Crippen LogP contribution < -0.4 is 5.32 Å². The van der Waals surface area contributed by atoms with Crippen molar-refractivity contribution in [3.05, 3.63) is 35.4 Å². The second-order valence-electron chi connectivity index (χ2n) is 3.69. The lowest BCUT2D eigenvalue weighted by atomic mass is 10.1. The lowest BCUT2D eigenvalue weighted by Gasteiger charge is -2.16. The molecule has 2 unspecified atom stereocenters. The summed E-state index contributed by atoms with van der Waals surface area (Å²) in [7, 11) is 0. The van der Waals surface area contributed by atoms with Crippen LogP contribution in [0, 0.1) is 19.3 Å². The van der Waals surface area contributed by atoms with E-state index in [2.05, 4.69) is 49.4 Å². The second-order valence-corrected chi connectivity index (χ2v) is 3.69. The van der Waals surface area contributed by atoms with Gasteiger partial charge in [-0.3, -0.25) is 5.32 Å². The van der Waals surface area contributed by atoms with E-state index in [4.69, 9.17) is 6.42 Å². The van der Waals surface area contributed by atoms with Crippen LogP contribution in [0.5, 0.6) is 0 Å². The molecule has 1 nitrogen and oxygen atoms in total. The molecule has 1 rings (SSSR count). The van der Waals surface area contributed by atoms with Crippen LogP contribution in [0.4, 0.5) is 0 Å². The van der Waals surface area contributed by atoms with Crippen LogP contribution >= 0.6 is 0 Å². The number of terminal acetylenes is 1. The fourth-order valence-corrected chi connectivity index (χ4v) is 1.46. The van der Waals surface area contributed by atoms with E-state index >= 15 is 0 Å². The molecule has 2 atom stereocenters. The van der Waals surface area contributed by atoms with E-state index in [9.17, 15) is 0 Å². The van der Waals surface area contributed by atoms with Gasteiger partial charge >= 0.3 is 0 Å². The highest BCUT2D eigenvalue weighted by molar-refractivity contribution is 5.25. The minimum absolute atomic E-state index is 0.116. The molecule has 0 amide bonds. The summed E-state index contributed by atoms with van der Waals surface area (Å²) < 4.78 is 0. The first-order valence-corrected chi connectivity index (χ1v) is 4.92. The lowest BCUT2D eigenvalue weighted by molar-refractivity contribution is 0.546. The summed E-state index contributed by atoms with van der Waals surface area (Å²) in [5, 5.41) is 3.34. The van der Waals surface area contributed by atoms with Gasteiger partial charge in [-0.15, -0.1) is 6.42 Å². The normalized spacial score (nSPS) is 14.4. The van der Waals surface area contributed by atoms with Crippen LogP contribution in [0.25, 0.3) is 0 Å². The van der Waals surface area contributed by atoms with Crippen molar-refractivity contribution in [1.82, 2.24) is 5.32 Å². The molecule has 74 valence electrons. The molecule has 1 aromatic carbocycles. The third-order valence-electron chi connectivity index (χ3n) is 2.29. The maximum atomic E-state index is 5.32. The standard InChI is InChI=1S/C13H17N/c1-5-11(3)14-12(4)13-8-6-7-10(2)9-13/h1,6-9,11-12,14H,2-4H3. The lowest BCUT2D eigenvalue weighted by Crippen LogP contribution is -2.27. The van der Waals surface area contributed by atoms with Crippen LogP contribution in [0.2, 0.25) is 0 Å². The monoisotopic (exact) mass is 187 g/mol. The van der Waals surface area contributed by atoms with Gasteiger partial charge in [0, 0.05) is 6.04 Å². The molecule has 1 heteroatoms. The molecule has 0 fully saturated rings. The molecular weight excluding hydrogens is 170 g/mol. The van der Waals surface area contributed by atoms with E-state index in [0.717, 1.165) is 0 Å². The highest BCUT2D eigenvalue weighted by Gasteiger charge is 2.06. The van der Waals surface area contributed by atoms with Gasteiger partial charge in [0.1, 0.15) is 0 Å². The van der Waals surface area contributed by atoms with E-state index in [-0.39, 0.29) is 6.04 Å². The summed E-state index contributed by atoms with van der Waals surface area (Å²) in [6.07, 6.45) is 5.32. The Bertz CT molecular complexity index is 335. The maximum absolute atomic E-state index is 5.32. The minimum atomic E-state index is 0.116. The summed E-state index contributed by atoms with van der Waals surface area (Å²) in [6.45, 7) is 6.22. The molecule has 0 bridgehead atoms. The number of benzene rings is 1. The smallest absolute Gasteiger partial charge is 0.0662 e. The SMILES string of the molecule is C#CC(C)NC(C)c1cccc(C)c1. The predicted molar refractivity (Wildman–Crippen MR) is 61.0 cm³/mol. The minimum Gasteiger partial charge on any atom is -0.297 e. The van der Waals surface area contributed by atoms with Crippen LogP contribution in [-0.2, 0) is 0 Å². The van der Waals surface area contributed by atoms with Crippen LogP contribution in [0.1, 0.15) is 31.0 Å². The summed E-state index contributed by atoms with van der Waals surface area (Å²) in [5.41, 5.74) is 2.57. The third kappa shape index (κ3) is 2.90. The van der Waals surface area contributed by atoms with Crippen molar-refractivity contribution in [3.8, 4) is 12.3 Å². The molecule has 0 aromatic heterocycles. The number of rotatable bonds is 3. The third-order valence-corrected chi connectivity index (χ3v) is 2.29. The van der Waals surface area contributed by atoms with Crippen LogP contribution in [0.3, 0.4) is 0 Å². The Kier molecular flexibility index (Phi) is 3.73. The van der Waals surface area contributed by atoms with Gasteiger partial charge in [-0.1, -0.05) is 35.7 Å². The fourth-order valence-electron chi connectivity index (χ4n) is 1.46. The van der Waals surface area contributed by atoms with Crippen molar-refractivity contribution >= 4 is 0 Å². The van der Waals surface area contributed by atoms with Crippen molar-refractivity contribution < 1.29 is 0 Å². The molecule has 0 spiro atoms. The number of nitrogens with one attached hydrogen (secondary N) is 1. The van der Waals surface area contributed by atoms with Gasteiger partial charge in [0.05, 0.1) is 6.04 Å². The fraction of sp³-hybridized carbons (Fsp3) is 0.385. The molecule has 0 heterocycles. The predicted octanol–water partition coefficient (Wildman–Crippen LogP) is 2.67. The molecule has 1 N–H and O–H groups in total. The number of aryl methyl sites for hydroxylation is 1. The van der Waals surface area contributed by atoms with Gasteiger partial charge < -0.3 is 0 Å². The quantitative estimate of drug-likeness (QED) is 0.717. The first-order valence-electron chi connectivity index (χ1n) is 4.92. The summed E-state index contributed by atoms with van der Waals surface area (Å²) >= 11 is 0. The van der Waals surface area contributed by atoms with E-state index in [1.54, 1.807) is 0 Å². The summed E-state index contributed by atoms with van der Waals surface area (Å²) in [4.78, 5) is 0. The molecule has 0 saturated carbocycles. The number of hydrogen-bond acceptors (Lipinski definition) is 1. The average molecular weight is 187 g/mol. The zero-order chi connectivity index (χ0) is 10.6. The topological polar surface area (TPSA) is 12.0 Å². The second kappa shape index (κ2) is 4.83. The van der Waals surface area contributed by atoms with Gasteiger partial charge in [0.25, 0.3) is 0 Å². The zero-order valence-electron chi connectivity index (χ0n) is 9.04. The van der Waals surface area contributed by atoms with Crippen molar-refractivity contribution in [2.24, 2.45) is 0 Å². The van der Waals surface area contributed by atoms with Gasteiger partial charge in [-0.25, -0.2) is 0 Å². The van der Waals surface area contributed by atoms with E-state index < -0.39 is 0 Å². The Morgan fingerprint density at radius 3 is 2.64 bits per heavy atom. The number of hydrogen-bond donors (Lipinski definition) is 1. The van der Waals surface area contributed by atoms with Crippen LogP contribution in [0.15, 0.2) is 24.3 Å². The van der Waals surface area contributed by atoms with E-state index in [1.165, 1.54) is 11.1 Å². The molecule has 0 saturated heterocycles. The Morgan fingerprint density at radius 1 is 1.36 bits per heavy atom. The maximum Gasteiger partial charge on any atom is 0.0662 e. The zero-order valence-corrected chi connectivity index (χ0v) is 9.04. The van der Waals surface area contributed by atoms with E-state index in [1.807, 2.05) is 6.92 Å². The Labute approximate surface area is 86.5 Å². The van der Waals surface area contributed by atoms with Crippen LogP contribution in [-0.4, -0.2) is 6.04 Å². The Morgan fingerprint density at radius 2 is 2.07 bits per heavy atom. The van der Waals surface area contributed by atoms with Gasteiger partial charge in [-0.05, 0) is 26.3 Å². The van der Waals surface area contributed by atoms with Crippen molar-refractivity contribution in [2.75, 3.05) is 0 Å². The summed E-state index contributed by atoms with van der Waals surface area (Å²) in [5.74, 6) is 2.67. The largest absolute Gasteiger partial charge is 0.297 e. The van der Waals surface area contributed by atoms with E-state index in [0.29, 0.717) is 6.04 Å². The Hall–Kier alpha value is -1.26. The first kappa shape index (κ1) is 10.8. The highest BCUT2D eigenvalue weighted by atomic mass is 14.9. The van der Waals surface area contributed by atoms with Gasteiger partial charge in [0.2, 0.25) is 0 Å². The first-order chi connectivity index (χ1) is 6.63. The van der Waals surface area contributed by atoms with Gasteiger partial charge in [0.15, 0.2) is 0 Å². The molecule has 0 aliphatic heterocycles. The Balaban J connectivity index is 2.70. The molecule has 1 aromatic rings. The molecule has 0 radical (unpaired) electrons. The molecule has 0 aliphatic carbocycles. The van der Waals surface area contributed by atoms with Crippen molar-refractivity contribution in [3.63, 3.8) is 0 Å². The average Bonchev–Trinajstić information content (AvgIpc) is 2.17. The molecule has 0 aliphatic rings. The van der Waals surface area contributed by atoms with Crippen molar-refractivity contribution in [2.45, 2.75) is 32.9 Å². The molecule has 14 heavy (non-hydrogen) atoms. The van der Waals surface area contributed by atoms with Crippen molar-refractivity contribution in [1.29, 1.82) is 0 Å². The molecular formula is C13H17N. The van der Waals surface area contributed by atoms with Gasteiger partial charge in [-0.2, -0.15) is 0 Å².